The van der Waals surface area contributed by atoms with E-state index in [1.54, 1.807) is 17.7 Å². The summed E-state index contributed by atoms with van der Waals surface area (Å²) >= 11 is 0. The summed E-state index contributed by atoms with van der Waals surface area (Å²) in [7, 11) is 1.61. The van der Waals surface area contributed by atoms with Crippen LogP contribution in [0, 0.1) is 0 Å². The van der Waals surface area contributed by atoms with Gasteiger partial charge in [0.1, 0.15) is 11.6 Å². The fraction of sp³-hybridized carbons (Fsp3) is 0.154. The topological polar surface area (TPSA) is 44.1 Å². The maximum Gasteiger partial charge on any atom is 0.266 e. The highest BCUT2D eigenvalue weighted by Gasteiger charge is 2.11. The van der Waals surface area contributed by atoms with Crippen molar-refractivity contribution in [3.63, 3.8) is 0 Å². The fourth-order valence-corrected chi connectivity index (χ4v) is 3.42. The zero-order chi connectivity index (χ0) is 21.1. The Kier molecular flexibility index (Phi) is 5.48. The molecule has 4 aromatic rings. The number of benzene rings is 3. The maximum atomic E-state index is 13.3. The van der Waals surface area contributed by atoms with Crippen molar-refractivity contribution in [3.05, 3.63) is 100 Å². The Labute approximate surface area is 176 Å². The van der Waals surface area contributed by atoms with Gasteiger partial charge < -0.3 is 4.74 Å². The second kappa shape index (κ2) is 8.37. The predicted molar refractivity (Wildman–Crippen MR) is 123 cm³/mol. The van der Waals surface area contributed by atoms with Gasteiger partial charge in [-0.05, 0) is 47.4 Å². The zero-order valence-electron chi connectivity index (χ0n) is 17.4. The molecule has 0 N–H and O–H groups in total. The van der Waals surface area contributed by atoms with E-state index in [0.717, 1.165) is 5.56 Å². The molecule has 4 nitrogen and oxygen atoms in total. The smallest absolute Gasteiger partial charge is 0.266 e. The Bertz CT molecular complexity index is 1270. The largest absolute Gasteiger partial charge is 0.497 e. The summed E-state index contributed by atoms with van der Waals surface area (Å²) in [5.74, 6) is 1.75. The molecule has 150 valence electrons. The van der Waals surface area contributed by atoms with Crippen LogP contribution >= 0.6 is 0 Å². The van der Waals surface area contributed by atoms with Crippen LogP contribution in [0.4, 0.5) is 0 Å². The number of para-hydroxylation sites is 1. The van der Waals surface area contributed by atoms with Crippen LogP contribution in [-0.2, 0) is 0 Å². The lowest BCUT2D eigenvalue weighted by Crippen LogP contribution is -2.22. The molecule has 3 aromatic carbocycles. The summed E-state index contributed by atoms with van der Waals surface area (Å²) in [6.45, 7) is 4.35. The number of rotatable bonds is 5. The average molecular weight is 396 g/mol. The molecule has 0 saturated carbocycles. The zero-order valence-corrected chi connectivity index (χ0v) is 17.4. The van der Waals surface area contributed by atoms with Gasteiger partial charge in [-0.3, -0.25) is 9.36 Å². The molecule has 0 amide bonds. The number of methoxy groups -OCH3 is 1. The summed E-state index contributed by atoms with van der Waals surface area (Å²) in [6, 6.07) is 23.3. The normalized spacial score (nSPS) is 11.5. The molecule has 1 aromatic heterocycles. The van der Waals surface area contributed by atoms with E-state index in [9.17, 15) is 4.79 Å². The predicted octanol–water partition coefficient (Wildman–Crippen LogP) is 5.69. The van der Waals surface area contributed by atoms with Crippen LogP contribution < -0.4 is 10.3 Å². The second-order valence-corrected chi connectivity index (χ2v) is 7.48. The number of nitrogens with zero attached hydrogens (tertiary/aromatic N) is 2. The summed E-state index contributed by atoms with van der Waals surface area (Å²) in [6.07, 6.45) is 3.87. The first-order valence-corrected chi connectivity index (χ1v) is 10.0. The molecule has 4 rings (SSSR count). The Morgan fingerprint density at radius 2 is 1.70 bits per heavy atom. The second-order valence-electron chi connectivity index (χ2n) is 7.48. The molecule has 0 atom stereocenters. The Hall–Kier alpha value is -3.66. The highest BCUT2D eigenvalue weighted by molar-refractivity contribution is 5.80. The molecular formula is C26H24N2O2. The van der Waals surface area contributed by atoms with Crippen molar-refractivity contribution in [2.45, 2.75) is 19.8 Å². The van der Waals surface area contributed by atoms with Gasteiger partial charge in [0.25, 0.3) is 5.56 Å². The van der Waals surface area contributed by atoms with Crippen LogP contribution in [0.15, 0.2) is 77.6 Å². The number of ether oxygens (including phenoxy) is 1. The molecule has 0 unspecified atom stereocenters. The third-order valence-electron chi connectivity index (χ3n) is 5.14. The number of aromatic nitrogens is 2. The van der Waals surface area contributed by atoms with E-state index in [4.69, 9.17) is 9.72 Å². The third kappa shape index (κ3) is 3.90. The molecule has 0 spiro atoms. The quantitative estimate of drug-likeness (QED) is 0.435. The first kappa shape index (κ1) is 19.6. The van der Waals surface area contributed by atoms with E-state index in [-0.39, 0.29) is 5.56 Å². The summed E-state index contributed by atoms with van der Waals surface area (Å²) in [4.78, 5) is 18.1. The van der Waals surface area contributed by atoms with Crippen LogP contribution in [-0.4, -0.2) is 16.7 Å². The lowest BCUT2D eigenvalue weighted by Gasteiger charge is -2.12. The van der Waals surface area contributed by atoms with Gasteiger partial charge >= 0.3 is 0 Å². The van der Waals surface area contributed by atoms with Gasteiger partial charge in [-0.2, -0.15) is 0 Å². The first-order chi connectivity index (χ1) is 14.6. The van der Waals surface area contributed by atoms with Gasteiger partial charge in [0.15, 0.2) is 0 Å². The van der Waals surface area contributed by atoms with Crippen molar-refractivity contribution < 1.29 is 4.74 Å². The van der Waals surface area contributed by atoms with E-state index < -0.39 is 0 Å². The first-order valence-electron chi connectivity index (χ1n) is 10.0. The summed E-state index contributed by atoms with van der Waals surface area (Å²) in [5.41, 5.74) is 3.63. The summed E-state index contributed by atoms with van der Waals surface area (Å²) in [5, 5.41) is 0.582. The molecular weight excluding hydrogens is 372 g/mol. The van der Waals surface area contributed by atoms with E-state index in [2.05, 4.69) is 38.1 Å². The number of hydrogen-bond donors (Lipinski definition) is 0. The molecule has 0 aliphatic carbocycles. The Morgan fingerprint density at radius 3 is 2.43 bits per heavy atom. The minimum absolute atomic E-state index is 0.108. The van der Waals surface area contributed by atoms with Gasteiger partial charge in [0.2, 0.25) is 0 Å². The van der Waals surface area contributed by atoms with Crippen molar-refractivity contribution in [2.75, 3.05) is 7.11 Å². The van der Waals surface area contributed by atoms with Crippen molar-refractivity contribution in [3.8, 4) is 11.4 Å². The van der Waals surface area contributed by atoms with Crippen molar-refractivity contribution in [2.24, 2.45) is 0 Å². The minimum Gasteiger partial charge on any atom is -0.497 e. The standard InChI is InChI=1S/C26H24N2O2/c1-18(2)20-14-11-19(12-15-20)13-16-25-27-24-10-5-4-9-23(24)26(29)28(25)21-7-6-8-22(17-21)30-3/h4-18H,1-3H3/b16-13+. The molecule has 30 heavy (non-hydrogen) atoms. The Balaban J connectivity index is 1.86. The summed E-state index contributed by atoms with van der Waals surface area (Å²) < 4.78 is 6.98. The third-order valence-corrected chi connectivity index (χ3v) is 5.14. The molecule has 0 aliphatic rings. The van der Waals surface area contributed by atoms with Gasteiger partial charge in [0, 0.05) is 6.07 Å². The fourth-order valence-electron chi connectivity index (χ4n) is 3.42. The molecule has 0 aliphatic heterocycles. The van der Waals surface area contributed by atoms with Crippen molar-refractivity contribution in [1.82, 2.24) is 9.55 Å². The lowest BCUT2D eigenvalue weighted by atomic mass is 10.0. The van der Waals surface area contributed by atoms with Crippen LogP contribution in [0.25, 0.3) is 28.7 Å². The minimum atomic E-state index is -0.108. The molecule has 0 saturated heterocycles. The molecule has 0 radical (unpaired) electrons. The van der Waals surface area contributed by atoms with Crippen LogP contribution in [0.1, 0.15) is 36.7 Å². The van der Waals surface area contributed by atoms with Crippen LogP contribution in [0.5, 0.6) is 5.75 Å². The molecule has 1 heterocycles. The molecule has 4 heteroatoms. The van der Waals surface area contributed by atoms with Gasteiger partial charge in [-0.25, -0.2) is 4.98 Å². The SMILES string of the molecule is COc1cccc(-n2c(/C=C/c3ccc(C(C)C)cc3)nc3ccccc3c2=O)c1. The highest BCUT2D eigenvalue weighted by Crippen LogP contribution is 2.20. The highest BCUT2D eigenvalue weighted by atomic mass is 16.5. The van der Waals surface area contributed by atoms with Gasteiger partial charge in [-0.15, -0.1) is 0 Å². The average Bonchev–Trinajstić information content (AvgIpc) is 2.78. The van der Waals surface area contributed by atoms with Gasteiger partial charge in [-0.1, -0.05) is 62.4 Å². The van der Waals surface area contributed by atoms with E-state index in [1.165, 1.54) is 5.56 Å². The van der Waals surface area contributed by atoms with Crippen molar-refractivity contribution >= 4 is 23.1 Å². The Morgan fingerprint density at radius 1 is 0.933 bits per heavy atom. The van der Waals surface area contributed by atoms with E-state index in [1.807, 2.05) is 54.6 Å². The van der Waals surface area contributed by atoms with E-state index >= 15 is 0 Å². The van der Waals surface area contributed by atoms with Crippen LogP contribution in [0.3, 0.4) is 0 Å². The number of fused-ring (bicyclic) bond motifs is 1. The van der Waals surface area contributed by atoms with Gasteiger partial charge in [0.05, 0.1) is 23.7 Å². The van der Waals surface area contributed by atoms with Crippen molar-refractivity contribution in [1.29, 1.82) is 0 Å². The molecule has 0 bridgehead atoms. The number of hydrogen-bond acceptors (Lipinski definition) is 3. The van der Waals surface area contributed by atoms with Crippen LogP contribution in [0.2, 0.25) is 0 Å². The van der Waals surface area contributed by atoms with E-state index in [0.29, 0.717) is 34.1 Å². The molecule has 0 fully saturated rings. The lowest BCUT2D eigenvalue weighted by molar-refractivity contribution is 0.414. The monoisotopic (exact) mass is 396 g/mol. The maximum absolute atomic E-state index is 13.3.